The van der Waals surface area contributed by atoms with Gasteiger partial charge in [0, 0.05) is 11.5 Å². The van der Waals surface area contributed by atoms with Gasteiger partial charge < -0.3 is 5.32 Å². The van der Waals surface area contributed by atoms with E-state index in [0.29, 0.717) is 12.8 Å². The third-order valence-electron chi connectivity index (χ3n) is 3.06. The molecule has 0 atom stereocenters. The molecule has 0 unspecified atom stereocenters. The molecular formula is C12H20F3NO. The van der Waals surface area contributed by atoms with Gasteiger partial charge in [0.15, 0.2) is 0 Å². The van der Waals surface area contributed by atoms with Crippen molar-refractivity contribution in [2.24, 2.45) is 11.8 Å². The summed E-state index contributed by atoms with van der Waals surface area (Å²) in [5, 5.41) is 2.82. The van der Waals surface area contributed by atoms with E-state index in [1.807, 2.05) is 20.8 Å². The second-order valence-electron chi connectivity index (χ2n) is 5.83. The molecule has 2 nitrogen and oxygen atoms in total. The van der Waals surface area contributed by atoms with E-state index < -0.39 is 12.1 Å². The van der Waals surface area contributed by atoms with Crippen molar-refractivity contribution in [2.45, 2.75) is 58.2 Å². The third kappa shape index (κ3) is 4.56. The predicted molar refractivity (Wildman–Crippen MR) is 59.4 cm³/mol. The maximum Gasteiger partial charge on any atom is 0.391 e. The molecule has 0 aromatic carbocycles. The number of halogens is 3. The standard InChI is InChI=1S/C12H20F3NO/c1-11(2,3)16-10(17)8-4-6-9(7-5-8)12(13,14)15/h8-9H,4-7H2,1-3H3,(H,16,17). The SMILES string of the molecule is CC(C)(C)NC(=O)C1CCC(C(F)(F)F)CC1. The molecule has 0 spiro atoms. The molecule has 0 saturated heterocycles. The van der Waals surface area contributed by atoms with Crippen molar-refractivity contribution in [2.75, 3.05) is 0 Å². The lowest BCUT2D eigenvalue weighted by Gasteiger charge is -2.31. The molecule has 1 amide bonds. The van der Waals surface area contributed by atoms with Gasteiger partial charge in [0.05, 0.1) is 5.92 Å². The molecule has 1 rings (SSSR count). The highest BCUT2D eigenvalue weighted by molar-refractivity contribution is 5.79. The summed E-state index contributed by atoms with van der Waals surface area (Å²) in [6.45, 7) is 5.60. The first kappa shape index (κ1) is 14.3. The van der Waals surface area contributed by atoms with E-state index in [0.717, 1.165) is 0 Å². The van der Waals surface area contributed by atoms with Gasteiger partial charge in [-0.15, -0.1) is 0 Å². The van der Waals surface area contributed by atoms with Crippen molar-refractivity contribution in [3.8, 4) is 0 Å². The van der Waals surface area contributed by atoms with E-state index in [1.165, 1.54) is 0 Å². The topological polar surface area (TPSA) is 29.1 Å². The van der Waals surface area contributed by atoms with Crippen LogP contribution in [0.15, 0.2) is 0 Å². The Hall–Kier alpha value is -0.740. The van der Waals surface area contributed by atoms with E-state index >= 15 is 0 Å². The van der Waals surface area contributed by atoms with Crippen LogP contribution >= 0.6 is 0 Å². The fraction of sp³-hybridized carbons (Fsp3) is 0.917. The summed E-state index contributed by atoms with van der Waals surface area (Å²) < 4.78 is 37.3. The van der Waals surface area contributed by atoms with E-state index in [-0.39, 0.29) is 30.2 Å². The quantitative estimate of drug-likeness (QED) is 0.761. The third-order valence-corrected chi connectivity index (χ3v) is 3.06. The molecule has 17 heavy (non-hydrogen) atoms. The fourth-order valence-corrected chi connectivity index (χ4v) is 2.15. The summed E-state index contributed by atoms with van der Waals surface area (Å²) in [6, 6.07) is 0. The minimum atomic E-state index is -4.11. The van der Waals surface area contributed by atoms with Crippen molar-refractivity contribution >= 4 is 5.91 Å². The van der Waals surface area contributed by atoms with Crippen LogP contribution in [0.3, 0.4) is 0 Å². The van der Waals surface area contributed by atoms with Gasteiger partial charge in [0.1, 0.15) is 0 Å². The molecule has 1 aliphatic rings. The summed E-state index contributed by atoms with van der Waals surface area (Å²) >= 11 is 0. The van der Waals surface area contributed by atoms with Crippen molar-refractivity contribution in [3.63, 3.8) is 0 Å². The number of hydrogen-bond donors (Lipinski definition) is 1. The Morgan fingerprint density at radius 3 is 1.88 bits per heavy atom. The van der Waals surface area contributed by atoms with E-state index in [4.69, 9.17) is 0 Å². The summed E-state index contributed by atoms with van der Waals surface area (Å²) in [5.74, 6) is -1.59. The van der Waals surface area contributed by atoms with Crippen molar-refractivity contribution < 1.29 is 18.0 Å². The van der Waals surface area contributed by atoms with Crippen molar-refractivity contribution in [1.82, 2.24) is 5.32 Å². The molecule has 1 saturated carbocycles. The molecule has 0 heterocycles. The number of amides is 1. The molecule has 0 aliphatic heterocycles. The maximum absolute atomic E-state index is 12.4. The van der Waals surface area contributed by atoms with Crippen LogP contribution in [-0.4, -0.2) is 17.6 Å². The second kappa shape index (κ2) is 4.86. The average molecular weight is 251 g/mol. The van der Waals surface area contributed by atoms with Gasteiger partial charge in [-0.25, -0.2) is 0 Å². The summed E-state index contributed by atoms with van der Waals surface area (Å²) in [4.78, 5) is 11.8. The van der Waals surface area contributed by atoms with Gasteiger partial charge in [-0.3, -0.25) is 4.79 Å². The molecule has 0 bridgehead atoms. The molecule has 5 heteroatoms. The van der Waals surface area contributed by atoms with Crippen LogP contribution in [0.4, 0.5) is 13.2 Å². The normalized spacial score (nSPS) is 26.7. The second-order valence-corrected chi connectivity index (χ2v) is 5.83. The first-order valence-electron chi connectivity index (χ1n) is 5.98. The highest BCUT2D eigenvalue weighted by Gasteiger charge is 2.42. The smallest absolute Gasteiger partial charge is 0.351 e. The number of carbonyl (C=O) groups is 1. The molecule has 1 fully saturated rings. The van der Waals surface area contributed by atoms with Gasteiger partial charge in [-0.1, -0.05) is 0 Å². The number of hydrogen-bond acceptors (Lipinski definition) is 1. The number of nitrogens with one attached hydrogen (secondary N) is 1. The zero-order valence-corrected chi connectivity index (χ0v) is 10.5. The molecule has 1 aliphatic carbocycles. The first-order valence-corrected chi connectivity index (χ1v) is 5.98. The Morgan fingerprint density at radius 2 is 1.53 bits per heavy atom. The largest absolute Gasteiger partial charge is 0.391 e. The lowest BCUT2D eigenvalue weighted by molar-refractivity contribution is -0.184. The van der Waals surface area contributed by atoms with Gasteiger partial charge in [0.2, 0.25) is 5.91 Å². The number of carbonyl (C=O) groups excluding carboxylic acids is 1. The maximum atomic E-state index is 12.4. The van der Waals surface area contributed by atoms with Gasteiger partial charge in [0.25, 0.3) is 0 Å². The minimum Gasteiger partial charge on any atom is -0.351 e. The van der Waals surface area contributed by atoms with Crippen molar-refractivity contribution in [1.29, 1.82) is 0 Å². The lowest BCUT2D eigenvalue weighted by atomic mass is 9.81. The average Bonchev–Trinajstić information content (AvgIpc) is 2.14. The van der Waals surface area contributed by atoms with Crippen LogP contribution in [0.1, 0.15) is 46.5 Å². The monoisotopic (exact) mass is 251 g/mol. The summed E-state index contributed by atoms with van der Waals surface area (Å²) in [7, 11) is 0. The minimum absolute atomic E-state index is 0.0751. The van der Waals surface area contributed by atoms with E-state index in [2.05, 4.69) is 5.32 Å². The van der Waals surface area contributed by atoms with Crippen molar-refractivity contribution in [3.05, 3.63) is 0 Å². The molecule has 0 radical (unpaired) electrons. The zero-order valence-electron chi connectivity index (χ0n) is 10.5. The van der Waals surface area contributed by atoms with Gasteiger partial charge >= 0.3 is 6.18 Å². The Labute approximate surface area is 100.0 Å². The lowest BCUT2D eigenvalue weighted by Crippen LogP contribution is -2.45. The Kier molecular flexibility index (Phi) is 4.10. The highest BCUT2D eigenvalue weighted by atomic mass is 19.4. The molecular weight excluding hydrogens is 231 g/mol. The molecule has 0 aromatic rings. The summed E-state index contributed by atoms with van der Waals surface area (Å²) in [6.07, 6.45) is -3.28. The van der Waals surface area contributed by atoms with Crippen LogP contribution in [0, 0.1) is 11.8 Å². The number of alkyl halides is 3. The Balaban J connectivity index is 2.45. The van der Waals surface area contributed by atoms with Crippen LogP contribution in [0.5, 0.6) is 0 Å². The summed E-state index contributed by atoms with van der Waals surface area (Å²) in [5.41, 5.74) is -0.321. The van der Waals surface area contributed by atoms with Gasteiger partial charge in [-0.2, -0.15) is 13.2 Å². The molecule has 0 aromatic heterocycles. The van der Waals surface area contributed by atoms with E-state index in [1.54, 1.807) is 0 Å². The highest BCUT2D eigenvalue weighted by Crippen LogP contribution is 2.39. The van der Waals surface area contributed by atoms with Gasteiger partial charge in [-0.05, 0) is 46.5 Å². The fourth-order valence-electron chi connectivity index (χ4n) is 2.15. The Morgan fingerprint density at radius 1 is 1.06 bits per heavy atom. The molecule has 1 N–H and O–H groups in total. The molecule has 100 valence electrons. The van der Waals surface area contributed by atoms with Crippen LogP contribution in [-0.2, 0) is 4.79 Å². The first-order chi connectivity index (χ1) is 7.59. The predicted octanol–water partition coefficient (Wildman–Crippen LogP) is 3.27. The Bertz CT molecular complexity index is 272. The van der Waals surface area contributed by atoms with Crippen LogP contribution < -0.4 is 5.32 Å². The number of rotatable bonds is 1. The van der Waals surface area contributed by atoms with E-state index in [9.17, 15) is 18.0 Å². The zero-order chi connectivity index (χ0) is 13.3. The van der Waals surface area contributed by atoms with Crippen LogP contribution in [0.2, 0.25) is 0 Å². The van der Waals surface area contributed by atoms with Crippen LogP contribution in [0.25, 0.3) is 0 Å².